The van der Waals surface area contributed by atoms with Crippen molar-refractivity contribution in [2.24, 2.45) is 0 Å². The second kappa shape index (κ2) is 10.7. The second-order valence-electron chi connectivity index (χ2n) is 7.53. The molecule has 28 heavy (non-hydrogen) atoms. The highest BCUT2D eigenvalue weighted by molar-refractivity contribution is 14.1. The number of halogens is 1. The average molecular weight is 499 g/mol. The van der Waals surface area contributed by atoms with Crippen LogP contribution >= 0.6 is 22.6 Å². The summed E-state index contributed by atoms with van der Waals surface area (Å²) in [7, 11) is 0. The van der Waals surface area contributed by atoms with Crippen LogP contribution in [0.15, 0.2) is 34.9 Å². The fraction of sp³-hybridized carbons (Fsp3) is 0.476. The minimum atomic E-state index is -0.553. The van der Waals surface area contributed by atoms with E-state index < -0.39 is 5.60 Å². The van der Waals surface area contributed by atoms with Crippen LogP contribution < -0.4 is 0 Å². The lowest BCUT2D eigenvalue weighted by Crippen LogP contribution is -2.25. The molecule has 1 heterocycles. The van der Waals surface area contributed by atoms with Crippen LogP contribution in [0.2, 0.25) is 0 Å². The van der Waals surface area contributed by atoms with Gasteiger partial charge >= 0.3 is 5.97 Å². The van der Waals surface area contributed by atoms with Crippen LogP contribution in [-0.4, -0.2) is 29.6 Å². The quantitative estimate of drug-likeness (QED) is 0.200. The Morgan fingerprint density at radius 1 is 1.29 bits per heavy atom. The number of benzene rings is 1. The molecule has 0 fully saturated rings. The van der Waals surface area contributed by atoms with Gasteiger partial charge in [0.1, 0.15) is 5.60 Å². The Morgan fingerprint density at radius 2 is 2.00 bits per heavy atom. The lowest BCUT2D eigenvalue weighted by atomic mass is 9.96. The first-order valence-electron chi connectivity index (χ1n) is 9.24. The summed E-state index contributed by atoms with van der Waals surface area (Å²) in [6.45, 7) is 6.61. The zero-order valence-corrected chi connectivity index (χ0v) is 18.6. The van der Waals surface area contributed by atoms with E-state index in [9.17, 15) is 9.59 Å². The second-order valence-corrected chi connectivity index (χ2v) is 8.61. The third-order valence-electron chi connectivity index (χ3n) is 3.95. The molecule has 0 aliphatic carbocycles. The predicted molar refractivity (Wildman–Crippen MR) is 113 cm³/mol. The van der Waals surface area contributed by atoms with Crippen molar-refractivity contribution in [3.63, 3.8) is 0 Å². The largest absolute Gasteiger partial charge is 0.460 e. The van der Waals surface area contributed by atoms with Crippen LogP contribution in [0.3, 0.4) is 0 Å². The van der Waals surface area contributed by atoms with Crippen molar-refractivity contribution in [3.05, 3.63) is 50.9 Å². The smallest absolute Gasteiger partial charge is 0.307 e. The van der Waals surface area contributed by atoms with Crippen LogP contribution in [-0.2, 0) is 20.9 Å². The predicted octanol–water partition coefficient (Wildman–Crippen LogP) is 4.90. The molecule has 152 valence electrons. The maximum Gasteiger partial charge on any atom is 0.307 e. The number of hydrogen-bond acceptors (Lipinski definition) is 6. The Labute approximate surface area is 179 Å². The summed E-state index contributed by atoms with van der Waals surface area (Å²) in [6, 6.07) is 9.96. The van der Waals surface area contributed by atoms with Crippen LogP contribution in [0.5, 0.6) is 0 Å². The fourth-order valence-corrected chi connectivity index (χ4v) is 3.50. The van der Waals surface area contributed by atoms with Crippen molar-refractivity contribution in [1.82, 2.24) is 5.16 Å². The van der Waals surface area contributed by atoms with E-state index in [1.54, 1.807) is 0 Å². The summed E-state index contributed by atoms with van der Waals surface area (Å²) < 4.78 is 17.2. The van der Waals surface area contributed by atoms with Crippen molar-refractivity contribution in [3.8, 4) is 0 Å². The third kappa shape index (κ3) is 7.35. The van der Waals surface area contributed by atoms with Gasteiger partial charge in [-0.3, -0.25) is 9.59 Å². The van der Waals surface area contributed by atoms with Crippen molar-refractivity contribution in [2.75, 3.05) is 6.61 Å². The van der Waals surface area contributed by atoms with Gasteiger partial charge in [-0.2, -0.15) is 0 Å². The fourth-order valence-electron chi connectivity index (χ4n) is 2.74. The lowest BCUT2D eigenvalue weighted by Gasteiger charge is -2.21. The Morgan fingerprint density at radius 3 is 2.61 bits per heavy atom. The highest BCUT2D eigenvalue weighted by Gasteiger charge is 2.27. The highest BCUT2D eigenvalue weighted by Crippen LogP contribution is 2.31. The summed E-state index contributed by atoms with van der Waals surface area (Å²) in [5.74, 6) is 0.0300. The van der Waals surface area contributed by atoms with E-state index in [4.69, 9.17) is 14.0 Å². The molecule has 0 saturated heterocycles. The molecule has 0 aliphatic rings. The molecule has 6 nitrogen and oxygen atoms in total. The maximum atomic E-state index is 12.3. The molecule has 7 heteroatoms. The number of carbonyl (C=O) groups excluding carboxylic acids is 2. The minimum Gasteiger partial charge on any atom is -0.460 e. The maximum absolute atomic E-state index is 12.3. The van der Waals surface area contributed by atoms with Gasteiger partial charge in [0, 0.05) is 12.5 Å². The Bertz CT molecular complexity index is 767. The number of hydrogen-bond donors (Lipinski definition) is 0. The van der Waals surface area contributed by atoms with Gasteiger partial charge in [-0.1, -0.05) is 35.5 Å². The SMILES string of the molecule is CC(C)(C)OC(=O)C[C@H](CCCOCc1ccccc1)c1onc(C=O)c1I. The zero-order valence-electron chi connectivity index (χ0n) is 16.4. The molecule has 1 aromatic heterocycles. The van der Waals surface area contributed by atoms with Gasteiger partial charge in [0.2, 0.25) is 0 Å². The standard InChI is InChI=1S/C21H26INO5/c1-21(2,3)27-18(25)12-16(20-19(22)17(13-24)23-28-20)10-7-11-26-14-15-8-5-4-6-9-15/h4-6,8-9,13,16H,7,10-12,14H2,1-3H3/t16-/m0/s1. The van der Waals surface area contributed by atoms with Crippen molar-refractivity contribution in [1.29, 1.82) is 0 Å². The topological polar surface area (TPSA) is 78.6 Å². The molecular weight excluding hydrogens is 473 g/mol. The number of esters is 1. The van der Waals surface area contributed by atoms with Gasteiger partial charge in [-0.25, -0.2) is 0 Å². The van der Waals surface area contributed by atoms with E-state index in [0.29, 0.717) is 35.3 Å². The normalized spacial score (nSPS) is 12.6. The van der Waals surface area contributed by atoms with Gasteiger partial charge < -0.3 is 14.0 Å². The summed E-state index contributed by atoms with van der Waals surface area (Å²) >= 11 is 2.03. The molecule has 0 saturated carbocycles. The molecule has 2 aromatic rings. The molecule has 0 amide bonds. The molecule has 0 spiro atoms. The monoisotopic (exact) mass is 499 g/mol. The van der Waals surface area contributed by atoms with Crippen LogP contribution in [0.4, 0.5) is 0 Å². The summed E-state index contributed by atoms with van der Waals surface area (Å²) in [4.78, 5) is 23.4. The van der Waals surface area contributed by atoms with E-state index in [0.717, 1.165) is 12.0 Å². The Hall–Kier alpha value is -1.74. The zero-order chi connectivity index (χ0) is 20.6. The van der Waals surface area contributed by atoms with Crippen molar-refractivity contribution >= 4 is 34.8 Å². The molecular formula is C21H26INO5. The number of aromatic nitrogens is 1. The van der Waals surface area contributed by atoms with Crippen molar-refractivity contribution in [2.45, 2.75) is 58.2 Å². The molecule has 0 radical (unpaired) electrons. The van der Waals surface area contributed by atoms with Gasteiger partial charge in [-0.15, -0.1) is 0 Å². The van der Waals surface area contributed by atoms with Gasteiger partial charge in [0.05, 0.1) is 16.6 Å². The van der Waals surface area contributed by atoms with E-state index >= 15 is 0 Å². The summed E-state index contributed by atoms with van der Waals surface area (Å²) in [5, 5.41) is 3.79. The first-order valence-corrected chi connectivity index (χ1v) is 10.3. The molecule has 0 unspecified atom stereocenters. The van der Waals surface area contributed by atoms with Crippen molar-refractivity contribution < 1.29 is 23.6 Å². The van der Waals surface area contributed by atoms with Gasteiger partial charge in [0.25, 0.3) is 0 Å². The van der Waals surface area contributed by atoms with Crippen LogP contribution in [0.1, 0.15) is 67.8 Å². The van der Waals surface area contributed by atoms with Crippen LogP contribution in [0.25, 0.3) is 0 Å². The van der Waals surface area contributed by atoms with E-state index in [1.807, 2.05) is 73.7 Å². The van der Waals surface area contributed by atoms with E-state index in [1.165, 1.54) is 0 Å². The van der Waals surface area contributed by atoms with E-state index in [2.05, 4.69) is 5.16 Å². The van der Waals surface area contributed by atoms with E-state index in [-0.39, 0.29) is 24.0 Å². The minimum absolute atomic E-state index is 0.166. The number of carbonyl (C=O) groups is 2. The molecule has 2 rings (SSSR count). The number of rotatable bonds is 10. The lowest BCUT2D eigenvalue weighted by molar-refractivity contribution is -0.155. The number of ether oxygens (including phenoxy) is 2. The summed E-state index contributed by atoms with van der Waals surface area (Å²) in [6.07, 6.45) is 2.23. The highest BCUT2D eigenvalue weighted by atomic mass is 127. The van der Waals surface area contributed by atoms with Gasteiger partial charge in [-0.05, 0) is 61.8 Å². The number of aldehydes is 1. The molecule has 0 N–H and O–H groups in total. The Kier molecular flexibility index (Phi) is 8.62. The molecule has 0 bridgehead atoms. The van der Waals surface area contributed by atoms with Crippen LogP contribution in [0, 0.1) is 3.57 Å². The summed E-state index contributed by atoms with van der Waals surface area (Å²) in [5.41, 5.74) is 0.821. The molecule has 1 atom stereocenters. The number of nitrogens with zero attached hydrogens (tertiary/aromatic N) is 1. The molecule has 1 aromatic carbocycles. The van der Waals surface area contributed by atoms with Gasteiger partial charge in [0.15, 0.2) is 17.7 Å². The first-order chi connectivity index (χ1) is 13.3. The average Bonchev–Trinajstić information content (AvgIpc) is 3.00. The molecule has 0 aliphatic heterocycles. The third-order valence-corrected chi connectivity index (χ3v) is 5.04. The Balaban J connectivity index is 1.94. The first kappa shape index (κ1) is 22.5.